The number of hydrogen-bond donors (Lipinski definition) is 0. The van der Waals surface area contributed by atoms with Crippen LogP contribution < -0.4 is 0 Å². The van der Waals surface area contributed by atoms with E-state index < -0.39 is 0 Å². The van der Waals surface area contributed by atoms with E-state index in [4.69, 9.17) is 0 Å². The van der Waals surface area contributed by atoms with Crippen molar-refractivity contribution in [3.63, 3.8) is 0 Å². The predicted molar refractivity (Wildman–Crippen MR) is 80.1 cm³/mol. The molecule has 0 spiro atoms. The molecule has 1 heteroatoms. The second-order valence-electron chi connectivity index (χ2n) is 4.34. The lowest BCUT2D eigenvalue weighted by Gasteiger charge is -2.08. The van der Waals surface area contributed by atoms with Crippen LogP contribution in [0.15, 0.2) is 29.8 Å². The van der Waals surface area contributed by atoms with Gasteiger partial charge in [-0.15, -0.1) is 0 Å². The Bertz CT molecular complexity index is 362. The molecule has 94 valence electrons. The summed E-state index contributed by atoms with van der Waals surface area (Å²) in [5, 5.41) is 0. The Labute approximate surface area is 106 Å². The van der Waals surface area contributed by atoms with Gasteiger partial charge in [0.1, 0.15) is 0 Å². The molecule has 1 aromatic carbocycles. The third kappa shape index (κ3) is 5.48. The molecule has 0 aromatic heterocycles. The average molecular weight is 231 g/mol. The summed E-state index contributed by atoms with van der Waals surface area (Å²) in [7, 11) is 1.78. The highest BCUT2D eigenvalue weighted by Gasteiger charge is 2.02. The first-order valence-electron chi connectivity index (χ1n) is 6.29. The van der Waals surface area contributed by atoms with Gasteiger partial charge in [0.25, 0.3) is 0 Å². The van der Waals surface area contributed by atoms with E-state index in [0.717, 1.165) is 11.1 Å². The molecule has 1 nitrogen and oxygen atoms in total. The molecular weight excluding hydrogens is 206 g/mol. The van der Waals surface area contributed by atoms with Crippen LogP contribution in [0.4, 0.5) is 0 Å². The molecule has 0 aliphatic heterocycles. The number of nitrogens with zero attached hydrogens (tertiary/aromatic N) is 1. The average Bonchev–Trinajstić information content (AvgIpc) is 2.30. The third-order valence-corrected chi connectivity index (χ3v) is 2.27. The van der Waals surface area contributed by atoms with Crippen molar-refractivity contribution in [2.75, 3.05) is 7.05 Å². The highest BCUT2D eigenvalue weighted by atomic mass is 14.6. The zero-order valence-electron chi connectivity index (χ0n) is 11.8. The van der Waals surface area contributed by atoms with Gasteiger partial charge in [-0.25, -0.2) is 0 Å². The molecule has 0 aliphatic carbocycles. The maximum absolute atomic E-state index is 4.02. The standard InChI is InChI=1S/C13H17N.C3H8/c1-5-11-8-12(10(2)3)6-7-13(11)9-14-4;1-3-2/h5-10H,1H2,2-4H3;3H2,1-2H3. The fraction of sp³-hybridized carbons (Fsp3) is 0.438. The largest absolute Gasteiger partial charge is 0.296 e. The van der Waals surface area contributed by atoms with E-state index in [-0.39, 0.29) is 0 Å². The van der Waals surface area contributed by atoms with Gasteiger partial charge in [0.2, 0.25) is 0 Å². The lowest BCUT2D eigenvalue weighted by molar-refractivity contribution is 0.866. The Morgan fingerprint density at radius 3 is 2.24 bits per heavy atom. The van der Waals surface area contributed by atoms with Crippen LogP contribution in [-0.2, 0) is 0 Å². The van der Waals surface area contributed by atoms with Crippen molar-refractivity contribution in [1.82, 2.24) is 0 Å². The van der Waals surface area contributed by atoms with Crippen LogP contribution in [-0.4, -0.2) is 13.3 Å². The zero-order valence-corrected chi connectivity index (χ0v) is 11.8. The molecule has 0 N–H and O–H groups in total. The van der Waals surface area contributed by atoms with Gasteiger partial charge in [-0.3, -0.25) is 4.99 Å². The van der Waals surface area contributed by atoms with E-state index in [1.807, 2.05) is 12.3 Å². The molecule has 0 amide bonds. The number of rotatable bonds is 3. The summed E-state index contributed by atoms with van der Waals surface area (Å²) in [6, 6.07) is 6.42. The van der Waals surface area contributed by atoms with Crippen molar-refractivity contribution < 1.29 is 0 Å². The van der Waals surface area contributed by atoms with E-state index >= 15 is 0 Å². The molecular formula is C16H25N. The van der Waals surface area contributed by atoms with Crippen molar-refractivity contribution in [3.8, 4) is 0 Å². The summed E-state index contributed by atoms with van der Waals surface area (Å²) in [4.78, 5) is 4.02. The second kappa shape index (κ2) is 8.74. The fourth-order valence-corrected chi connectivity index (χ4v) is 1.39. The molecule has 0 unspecified atom stereocenters. The molecule has 0 fully saturated rings. The smallest absolute Gasteiger partial charge is 0.0287 e. The quantitative estimate of drug-likeness (QED) is 0.655. The van der Waals surface area contributed by atoms with E-state index in [0.29, 0.717) is 5.92 Å². The first-order chi connectivity index (χ1) is 8.10. The normalized spacial score (nSPS) is 10.2. The van der Waals surface area contributed by atoms with Crippen LogP contribution in [0, 0.1) is 0 Å². The van der Waals surface area contributed by atoms with Crippen LogP contribution in [0.2, 0.25) is 0 Å². The molecule has 1 rings (SSSR count). The topological polar surface area (TPSA) is 12.4 Å². The van der Waals surface area contributed by atoms with Crippen LogP contribution in [0.25, 0.3) is 6.08 Å². The third-order valence-electron chi connectivity index (χ3n) is 2.27. The van der Waals surface area contributed by atoms with E-state index in [9.17, 15) is 0 Å². The van der Waals surface area contributed by atoms with Gasteiger partial charge in [-0.05, 0) is 22.6 Å². The summed E-state index contributed by atoms with van der Waals surface area (Å²) in [6.45, 7) is 12.4. The Morgan fingerprint density at radius 1 is 1.24 bits per heavy atom. The van der Waals surface area contributed by atoms with Crippen molar-refractivity contribution in [2.24, 2.45) is 4.99 Å². The van der Waals surface area contributed by atoms with Crippen LogP contribution in [0.1, 0.15) is 56.7 Å². The van der Waals surface area contributed by atoms with E-state index in [1.165, 1.54) is 12.0 Å². The summed E-state index contributed by atoms with van der Waals surface area (Å²) in [5.41, 5.74) is 3.63. The van der Waals surface area contributed by atoms with Crippen LogP contribution >= 0.6 is 0 Å². The Morgan fingerprint density at radius 2 is 1.82 bits per heavy atom. The molecule has 0 saturated heterocycles. The predicted octanol–water partition coefficient (Wildman–Crippen LogP) is 4.92. The minimum absolute atomic E-state index is 0.557. The molecule has 0 bridgehead atoms. The Kier molecular flexibility index (Phi) is 8.04. The lowest BCUT2D eigenvalue weighted by atomic mass is 9.98. The van der Waals surface area contributed by atoms with Crippen molar-refractivity contribution in [3.05, 3.63) is 41.5 Å². The van der Waals surface area contributed by atoms with Gasteiger partial charge >= 0.3 is 0 Å². The summed E-state index contributed by atoms with van der Waals surface area (Å²) < 4.78 is 0. The van der Waals surface area contributed by atoms with Crippen LogP contribution in [0.3, 0.4) is 0 Å². The number of aliphatic imine (C=N–C) groups is 1. The summed E-state index contributed by atoms with van der Waals surface area (Å²) in [6.07, 6.45) is 4.99. The van der Waals surface area contributed by atoms with E-state index in [2.05, 4.69) is 57.5 Å². The molecule has 0 radical (unpaired) electrons. The van der Waals surface area contributed by atoms with Gasteiger partial charge in [0.15, 0.2) is 0 Å². The van der Waals surface area contributed by atoms with Gasteiger partial charge in [-0.1, -0.05) is 65.0 Å². The van der Waals surface area contributed by atoms with Gasteiger partial charge in [0, 0.05) is 13.3 Å². The summed E-state index contributed by atoms with van der Waals surface area (Å²) in [5.74, 6) is 0.557. The first kappa shape index (κ1) is 15.6. The maximum atomic E-state index is 4.02. The molecule has 0 heterocycles. The maximum Gasteiger partial charge on any atom is 0.0287 e. The van der Waals surface area contributed by atoms with Gasteiger partial charge in [-0.2, -0.15) is 0 Å². The SMILES string of the molecule is C=Cc1cc(C(C)C)ccc1C=NC.CCC. The van der Waals surface area contributed by atoms with Crippen LogP contribution in [0.5, 0.6) is 0 Å². The van der Waals surface area contributed by atoms with E-state index in [1.54, 1.807) is 7.05 Å². The number of benzene rings is 1. The Balaban J connectivity index is 0.000000770. The highest BCUT2D eigenvalue weighted by molar-refractivity contribution is 5.85. The molecule has 0 saturated carbocycles. The molecule has 17 heavy (non-hydrogen) atoms. The van der Waals surface area contributed by atoms with Crippen molar-refractivity contribution >= 4 is 12.3 Å². The molecule has 0 atom stereocenters. The monoisotopic (exact) mass is 231 g/mol. The second-order valence-corrected chi connectivity index (χ2v) is 4.34. The molecule has 1 aromatic rings. The minimum atomic E-state index is 0.557. The van der Waals surface area contributed by atoms with Crippen molar-refractivity contribution in [1.29, 1.82) is 0 Å². The lowest BCUT2D eigenvalue weighted by Crippen LogP contribution is -1.92. The van der Waals surface area contributed by atoms with Gasteiger partial charge in [0.05, 0.1) is 0 Å². The fourth-order valence-electron chi connectivity index (χ4n) is 1.39. The zero-order chi connectivity index (χ0) is 13.3. The van der Waals surface area contributed by atoms with Crippen molar-refractivity contribution in [2.45, 2.75) is 40.0 Å². The Hall–Kier alpha value is -1.37. The summed E-state index contributed by atoms with van der Waals surface area (Å²) >= 11 is 0. The number of hydrogen-bond acceptors (Lipinski definition) is 1. The van der Waals surface area contributed by atoms with Gasteiger partial charge < -0.3 is 0 Å². The highest BCUT2D eigenvalue weighted by Crippen LogP contribution is 2.18. The first-order valence-corrected chi connectivity index (χ1v) is 6.29. The minimum Gasteiger partial charge on any atom is -0.296 e. The molecule has 0 aliphatic rings.